The maximum absolute atomic E-state index is 6.06. The lowest BCUT2D eigenvalue weighted by molar-refractivity contribution is 0.410. The van der Waals surface area contributed by atoms with Crippen LogP contribution in [0.2, 0.25) is 0 Å². The zero-order valence-corrected chi connectivity index (χ0v) is 8.80. The van der Waals surface area contributed by atoms with Gasteiger partial charge < -0.3 is 5.73 Å². The van der Waals surface area contributed by atoms with Crippen molar-refractivity contribution in [2.45, 2.75) is 31.7 Å². The van der Waals surface area contributed by atoms with Crippen molar-refractivity contribution in [2.75, 3.05) is 0 Å². The number of rotatable bonds is 0. The van der Waals surface area contributed by atoms with Crippen molar-refractivity contribution in [1.29, 1.82) is 0 Å². The lowest BCUT2D eigenvalue weighted by Gasteiger charge is -2.29. The van der Waals surface area contributed by atoms with Crippen molar-refractivity contribution in [3.05, 3.63) is 21.9 Å². The molecule has 0 spiro atoms. The van der Waals surface area contributed by atoms with Gasteiger partial charge in [0.25, 0.3) is 0 Å². The van der Waals surface area contributed by atoms with E-state index in [1.165, 1.54) is 17.5 Å². The molecule has 1 aliphatic rings. The van der Waals surface area contributed by atoms with Gasteiger partial charge in [0.15, 0.2) is 0 Å². The van der Waals surface area contributed by atoms with E-state index >= 15 is 0 Å². The predicted molar refractivity (Wildman–Crippen MR) is 56.2 cm³/mol. The van der Waals surface area contributed by atoms with Crippen LogP contribution < -0.4 is 5.73 Å². The first-order valence-corrected chi connectivity index (χ1v) is 4.94. The number of hydrogen-bond acceptors (Lipinski definition) is 2. The minimum Gasteiger partial charge on any atom is -0.325 e. The zero-order valence-electron chi connectivity index (χ0n) is 7.17. The van der Waals surface area contributed by atoms with Crippen molar-refractivity contribution in [1.82, 2.24) is 0 Å². The number of thiophene rings is 1. The summed E-state index contributed by atoms with van der Waals surface area (Å²) < 4.78 is 0. The van der Waals surface area contributed by atoms with Crippen LogP contribution in [0.5, 0.6) is 0 Å². The van der Waals surface area contributed by atoms with E-state index in [0.29, 0.717) is 0 Å². The molecule has 0 fully saturated rings. The Morgan fingerprint density at radius 1 is 1.42 bits per heavy atom. The monoisotopic (exact) mass is 203 g/mol. The van der Waals surface area contributed by atoms with Gasteiger partial charge >= 0.3 is 0 Å². The summed E-state index contributed by atoms with van der Waals surface area (Å²) in [5.41, 5.74) is 9.11. The largest absolute Gasteiger partial charge is 0.325 e. The summed E-state index contributed by atoms with van der Waals surface area (Å²) >= 11 is 1.80. The average Bonchev–Trinajstić information content (AvgIpc) is 2.31. The second-order valence-corrected chi connectivity index (χ2v) is 4.50. The minimum absolute atomic E-state index is 0. The summed E-state index contributed by atoms with van der Waals surface area (Å²) in [5, 5.41) is 4.49. The molecule has 1 aromatic rings. The minimum atomic E-state index is 0. The molecular formula is C9H14ClNS. The van der Waals surface area contributed by atoms with Crippen LogP contribution in [0.15, 0.2) is 10.8 Å². The highest BCUT2D eigenvalue weighted by atomic mass is 35.5. The van der Waals surface area contributed by atoms with E-state index in [0.717, 1.165) is 12.8 Å². The Kier molecular flexibility index (Phi) is 2.81. The Morgan fingerprint density at radius 2 is 2.08 bits per heavy atom. The molecule has 0 bridgehead atoms. The maximum atomic E-state index is 6.06. The Labute approximate surface area is 83.4 Å². The van der Waals surface area contributed by atoms with Gasteiger partial charge in [-0.3, -0.25) is 0 Å². The van der Waals surface area contributed by atoms with Crippen LogP contribution in [0, 0.1) is 0 Å². The van der Waals surface area contributed by atoms with Crippen LogP contribution in [0.4, 0.5) is 0 Å². The van der Waals surface area contributed by atoms with E-state index in [9.17, 15) is 0 Å². The van der Waals surface area contributed by atoms with Crippen LogP contribution >= 0.6 is 23.7 Å². The Bertz CT molecular complexity index is 267. The van der Waals surface area contributed by atoms with E-state index < -0.39 is 0 Å². The summed E-state index contributed by atoms with van der Waals surface area (Å²) in [6.07, 6.45) is 3.37. The third-order valence-corrected chi connectivity index (χ3v) is 3.23. The molecule has 1 aromatic heterocycles. The zero-order chi connectivity index (χ0) is 7.90. The molecule has 68 valence electrons. The first-order chi connectivity index (χ1) is 5.17. The molecule has 0 aliphatic heterocycles. The van der Waals surface area contributed by atoms with Crippen molar-refractivity contribution < 1.29 is 0 Å². The molecule has 1 nitrogen and oxygen atoms in total. The van der Waals surface area contributed by atoms with Gasteiger partial charge in [0, 0.05) is 5.54 Å². The molecule has 0 saturated heterocycles. The van der Waals surface area contributed by atoms with E-state index in [1.807, 2.05) is 0 Å². The summed E-state index contributed by atoms with van der Waals surface area (Å²) in [6.45, 7) is 2.15. The third kappa shape index (κ3) is 1.82. The first-order valence-electron chi connectivity index (χ1n) is 4.00. The smallest absolute Gasteiger partial charge is 0.0170 e. The highest BCUT2D eigenvalue weighted by molar-refractivity contribution is 7.08. The van der Waals surface area contributed by atoms with Crippen molar-refractivity contribution in [2.24, 2.45) is 5.73 Å². The Balaban J connectivity index is 0.000000720. The molecule has 0 aromatic carbocycles. The molecular weight excluding hydrogens is 190 g/mol. The molecule has 3 heteroatoms. The molecule has 12 heavy (non-hydrogen) atoms. The third-order valence-electron chi connectivity index (χ3n) is 2.39. The Morgan fingerprint density at radius 3 is 2.83 bits per heavy atom. The molecule has 2 N–H and O–H groups in total. The van der Waals surface area contributed by atoms with E-state index in [4.69, 9.17) is 5.73 Å². The van der Waals surface area contributed by atoms with Gasteiger partial charge in [-0.05, 0) is 48.1 Å². The summed E-state index contributed by atoms with van der Waals surface area (Å²) in [6, 6.07) is 0. The van der Waals surface area contributed by atoms with Gasteiger partial charge in [0.1, 0.15) is 0 Å². The van der Waals surface area contributed by atoms with Crippen LogP contribution in [0.25, 0.3) is 0 Å². The number of nitrogens with two attached hydrogens (primary N) is 1. The van der Waals surface area contributed by atoms with Crippen molar-refractivity contribution in [3.8, 4) is 0 Å². The second-order valence-electron chi connectivity index (χ2n) is 3.75. The number of fused-ring (bicyclic) bond motifs is 1. The maximum Gasteiger partial charge on any atom is 0.0170 e. The van der Waals surface area contributed by atoms with Gasteiger partial charge in [0.2, 0.25) is 0 Å². The average molecular weight is 204 g/mol. The van der Waals surface area contributed by atoms with Crippen LogP contribution in [-0.2, 0) is 12.8 Å². The normalized spacial score (nSPS) is 27.5. The molecule has 1 heterocycles. The number of halogens is 1. The van der Waals surface area contributed by atoms with Crippen LogP contribution in [0.3, 0.4) is 0 Å². The molecule has 0 unspecified atom stereocenters. The van der Waals surface area contributed by atoms with Crippen molar-refractivity contribution >= 4 is 23.7 Å². The topological polar surface area (TPSA) is 26.0 Å². The summed E-state index contributed by atoms with van der Waals surface area (Å²) in [7, 11) is 0. The highest BCUT2D eigenvalue weighted by Crippen LogP contribution is 2.28. The van der Waals surface area contributed by atoms with Gasteiger partial charge in [-0.2, -0.15) is 11.3 Å². The summed E-state index contributed by atoms with van der Waals surface area (Å²) in [5.74, 6) is 0. The number of hydrogen-bond donors (Lipinski definition) is 1. The first kappa shape index (κ1) is 10.0. The SMILES string of the molecule is C[C@@]1(N)CCc2cscc2C1.Cl. The van der Waals surface area contributed by atoms with Crippen LogP contribution in [-0.4, -0.2) is 5.54 Å². The van der Waals surface area contributed by atoms with E-state index in [2.05, 4.69) is 17.7 Å². The molecule has 2 rings (SSSR count). The molecule has 0 amide bonds. The van der Waals surface area contributed by atoms with Crippen LogP contribution in [0.1, 0.15) is 24.5 Å². The standard InChI is InChI=1S/C9H13NS.ClH/c1-9(10)3-2-7-5-11-6-8(7)4-9;/h5-6H,2-4,10H2,1H3;1H/t9-;/m1./s1. The second kappa shape index (κ2) is 3.36. The summed E-state index contributed by atoms with van der Waals surface area (Å²) in [4.78, 5) is 0. The lowest BCUT2D eigenvalue weighted by Crippen LogP contribution is -2.41. The Hall–Kier alpha value is -0.0500. The van der Waals surface area contributed by atoms with Crippen molar-refractivity contribution in [3.63, 3.8) is 0 Å². The highest BCUT2D eigenvalue weighted by Gasteiger charge is 2.25. The number of aryl methyl sites for hydroxylation is 1. The fourth-order valence-corrected chi connectivity index (χ4v) is 2.57. The quantitative estimate of drug-likeness (QED) is 0.689. The van der Waals surface area contributed by atoms with Gasteiger partial charge in [-0.15, -0.1) is 12.4 Å². The predicted octanol–water partition coefficient (Wildman–Crippen LogP) is 2.38. The van der Waals surface area contributed by atoms with E-state index in [-0.39, 0.29) is 17.9 Å². The fourth-order valence-electron chi connectivity index (χ4n) is 1.67. The van der Waals surface area contributed by atoms with Gasteiger partial charge in [-0.1, -0.05) is 0 Å². The molecule has 0 radical (unpaired) electrons. The molecule has 1 atom stereocenters. The van der Waals surface area contributed by atoms with E-state index in [1.54, 1.807) is 11.3 Å². The van der Waals surface area contributed by atoms with Gasteiger partial charge in [0.05, 0.1) is 0 Å². The molecule has 0 saturated carbocycles. The lowest BCUT2D eigenvalue weighted by atomic mass is 9.82. The van der Waals surface area contributed by atoms with Gasteiger partial charge in [-0.25, -0.2) is 0 Å². The molecule has 1 aliphatic carbocycles. The fraction of sp³-hybridized carbons (Fsp3) is 0.556.